The van der Waals surface area contributed by atoms with Crippen LogP contribution in [-0.4, -0.2) is 30.8 Å². The zero-order valence-corrected chi connectivity index (χ0v) is 15.7. The van der Waals surface area contributed by atoms with Crippen LogP contribution in [0.2, 0.25) is 0 Å². The standard InChI is InChI=1S/C23H20N2O3/c1-25(2)23(27)15-11-13-16(14-12-15)24-22(26)21-17-7-3-5-9-19(17)28-20-10-6-4-8-18(20)21/h3-14,21H,1-2H3,(H,24,26). The molecule has 3 aromatic rings. The largest absolute Gasteiger partial charge is 0.457 e. The molecule has 1 heterocycles. The van der Waals surface area contributed by atoms with E-state index in [1.54, 1.807) is 38.4 Å². The first-order chi connectivity index (χ1) is 13.5. The summed E-state index contributed by atoms with van der Waals surface area (Å²) >= 11 is 0. The molecule has 0 fully saturated rings. The summed E-state index contributed by atoms with van der Waals surface area (Å²) in [6.45, 7) is 0. The zero-order valence-electron chi connectivity index (χ0n) is 15.7. The number of hydrogen-bond acceptors (Lipinski definition) is 3. The number of rotatable bonds is 3. The summed E-state index contributed by atoms with van der Waals surface area (Å²) in [5.41, 5.74) is 2.88. The molecule has 0 aromatic heterocycles. The van der Waals surface area contributed by atoms with Gasteiger partial charge in [0.1, 0.15) is 11.5 Å². The first-order valence-electron chi connectivity index (χ1n) is 9.03. The minimum Gasteiger partial charge on any atom is -0.457 e. The Hall–Kier alpha value is -3.60. The van der Waals surface area contributed by atoms with Gasteiger partial charge in [-0.2, -0.15) is 0 Å². The van der Waals surface area contributed by atoms with Gasteiger partial charge in [0, 0.05) is 36.5 Å². The van der Waals surface area contributed by atoms with E-state index in [0.29, 0.717) is 22.7 Å². The molecule has 1 N–H and O–H groups in total. The van der Waals surface area contributed by atoms with Gasteiger partial charge in [0.15, 0.2) is 0 Å². The van der Waals surface area contributed by atoms with E-state index in [1.807, 2.05) is 48.5 Å². The van der Waals surface area contributed by atoms with Crippen LogP contribution < -0.4 is 10.1 Å². The van der Waals surface area contributed by atoms with Crippen molar-refractivity contribution in [2.45, 2.75) is 5.92 Å². The SMILES string of the molecule is CN(C)C(=O)c1ccc(NC(=O)C2c3ccccc3Oc3ccccc32)cc1. The van der Waals surface area contributed by atoms with Crippen LogP contribution in [0.3, 0.4) is 0 Å². The Bertz CT molecular complexity index is 996. The highest BCUT2D eigenvalue weighted by Crippen LogP contribution is 2.44. The maximum Gasteiger partial charge on any atom is 0.253 e. The van der Waals surface area contributed by atoms with Gasteiger partial charge in [-0.3, -0.25) is 9.59 Å². The minimum atomic E-state index is -0.468. The third-order valence-corrected chi connectivity index (χ3v) is 4.75. The third-order valence-electron chi connectivity index (χ3n) is 4.75. The van der Waals surface area contributed by atoms with Crippen molar-refractivity contribution in [1.82, 2.24) is 4.90 Å². The van der Waals surface area contributed by atoms with Crippen LogP contribution >= 0.6 is 0 Å². The fraction of sp³-hybridized carbons (Fsp3) is 0.130. The first kappa shape index (κ1) is 17.8. The number of amides is 2. The maximum absolute atomic E-state index is 13.2. The van der Waals surface area contributed by atoms with Crippen molar-refractivity contribution in [3.63, 3.8) is 0 Å². The summed E-state index contributed by atoms with van der Waals surface area (Å²) in [5.74, 6) is 0.686. The summed E-state index contributed by atoms with van der Waals surface area (Å²) in [4.78, 5) is 26.7. The van der Waals surface area contributed by atoms with Gasteiger partial charge >= 0.3 is 0 Å². The Morgan fingerprint density at radius 3 is 1.89 bits per heavy atom. The van der Waals surface area contributed by atoms with E-state index >= 15 is 0 Å². The van der Waals surface area contributed by atoms with E-state index in [4.69, 9.17) is 4.74 Å². The van der Waals surface area contributed by atoms with Crippen LogP contribution in [0.5, 0.6) is 11.5 Å². The minimum absolute atomic E-state index is 0.0786. The van der Waals surface area contributed by atoms with Crippen molar-refractivity contribution < 1.29 is 14.3 Å². The van der Waals surface area contributed by atoms with E-state index in [0.717, 1.165) is 11.1 Å². The van der Waals surface area contributed by atoms with Gasteiger partial charge in [-0.1, -0.05) is 36.4 Å². The van der Waals surface area contributed by atoms with Crippen molar-refractivity contribution >= 4 is 17.5 Å². The van der Waals surface area contributed by atoms with Crippen molar-refractivity contribution in [2.75, 3.05) is 19.4 Å². The molecule has 2 amide bonds. The Labute approximate surface area is 163 Å². The molecule has 5 nitrogen and oxygen atoms in total. The second kappa shape index (κ2) is 7.19. The molecule has 0 unspecified atom stereocenters. The van der Waals surface area contributed by atoms with Gasteiger partial charge in [0.25, 0.3) is 5.91 Å². The quantitative estimate of drug-likeness (QED) is 0.747. The molecule has 4 rings (SSSR count). The van der Waals surface area contributed by atoms with Gasteiger partial charge in [-0.25, -0.2) is 0 Å². The molecule has 0 radical (unpaired) electrons. The van der Waals surface area contributed by atoms with Crippen molar-refractivity contribution in [3.8, 4) is 11.5 Å². The molecule has 0 bridgehead atoms. The number of nitrogens with zero attached hydrogens (tertiary/aromatic N) is 1. The molecule has 0 atom stereocenters. The Balaban J connectivity index is 1.63. The summed E-state index contributed by atoms with van der Waals surface area (Å²) in [5, 5.41) is 2.97. The molecule has 0 saturated carbocycles. The topological polar surface area (TPSA) is 58.6 Å². The highest BCUT2D eigenvalue weighted by Gasteiger charge is 2.32. The number of fused-ring (bicyclic) bond motifs is 2. The van der Waals surface area contributed by atoms with Crippen LogP contribution in [0.4, 0.5) is 5.69 Å². The van der Waals surface area contributed by atoms with Crippen LogP contribution in [-0.2, 0) is 4.79 Å². The molecule has 3 aromatic carbocycles. The normalized spacial score (nSPS) is 12.4. The molecule has 0 saturated heterocycles. The molecule has 1 aliphatic rings. The molecule has 5 heteroatoms. The number of ether oxygens (including phenoxy) is 1. The molecule has 28 heavy (non-hydrogen) atoms. The maximum atomic E-state index is 13.2. The summed E-state index contributed by atoms with van der Waals surface area (Å²) in [7, 11) is 3.41. The monoisotopic (exact) mass is 372 g/mol. The van der Waals surface area contributed by atoms with Gasteiger partial charge in [0.2, 0.25) is 5.91 Å². The number of carbonyl (C=O) groups excluding carboxylic acids is 2. The zero-order chi connectivity index (χ0) is 19.7. The van der Waals surface area contributed by atoms with Gasteiger partial charge in [-0.15, -0.1) is 0 Å². The average molecular weight is 372 g/mol. The van der Waals surface area contributed by atoms with Gasteiger partial charge < -0.3 is 15.0 Å². The Morgan fingerprint density at radius 2 is 1.36 bits per heavy atom. The Morgan fingerprint density at radius 1 is 0.821 bits per heavy atom. The van der Waals surface area contributed by atoms with Crippen molar-refractivity contribution in [2.24, 2.45) is 0 Å². The molecule has 0 aliphatic carbocycles. The molecular weight excluding hydrogens is 352 g/mol. The van der Waals surface area contributed by atoms with E-state index in [9.17, 15) is 9.59 Å². The van der Waals surface area contributed by atoms with E-state index < -0.39 is 5.92 Å². The van der Waals surface area contributed by atoms with Crippen LogP contribution in [0.25, 0.3) is 0 Å². The lowest BCUT2D eigenvalue weighted by molar-refractivity contribution is -0.116. The number of nitrogens with one attached hydrogen (secondary N) is 1. The summed E-state index contributed by atoms with van der Waals surface area (Å²) < 4.78 is 5.95. The molecule has 1 aliphatic heterocycles. The lowest BCUT2D eigenvalue weighted by Crippen LogP contribution is -2.25. The first-order valence-corrected chi connectivity index (χ1v) is 9.03. The lowest BCUT2D eigenvalue weighted by atomic mass is 9.87. The van der Waals surface area contributed by atoms with E-state index in [2.05, 4.69) is 5.32 Å². The highest BCUT2D eigenvalue weighted by atomic mass is 16.5. The molecule has 0 spiro atoms. The van der Waals surface area contributed by atoms with Crippen LogP contribution in [0.1, 0.15) is 27.4 Å². The average Bonchev–Trinajstić information content (AvgIpc) is 2.71. The highest BCUT2D eigenvalue weighted by molar-refractivity contribution is 6.00. The summed E-state index contributed by atoms with van der Waals surface area (Å²) in [6.07, 6.45) is 0. The number of benzene rings is 3. The molecular formula is C23H20N2O3. The van der Waals surface area contributed by atoms with Crippen molar-refractivity contribution in [3.05, 3.63) is 89.5 Å². The fourth-order valence-electron chi connectivity index (χ4n) is 3.36. The number of hydrogen-bond donors (Lipinski definition) is 1. The number of carbonyl (C=O) groups is 2. The number of anilines is 1. The van der Waals surface area contributed by atoms with Crippen LogP contribution in [0, 0.1) is 0 Å². The summed E-state index contributed by atoms with van der Waals surface area (Å²) in [6, 6.07) is 22.1. The predicted octanol–water partition coefficient (Wildman–Crippen LogP) is 4.26. The van der Waals surface area contributed by atoms with Gasteiger partial charge in [-0.05, 0) is 36.4 Å². The number of para-hydroxylation sites is 2. The fourth-order valence-corrected chi connectivity index (χ4v) is 3.36. The molecule has 140 valence electrons. The Kier molecular flexibility index (Phi) is 4.57. The van der Waals surface area contributed by atoms with E-state index in [1.165, 1.54) is 4.90 Å². The van der Waals surface area contributed by atoms with Crippen molar-refractivity contribution in [1.29, 1.82) is 0 Å². The predicted molar refractivity (Wildman–Crippen MR) is 108 cm³/mol. The third kappa shape index (κ3) is 3.22. The lowest BCUT2D eigenvalue weighted by Gasteiger charge is -2.27. The van der Waals surface area contributed by atoms with Crippen LogP contribution in [0.15, 0.2) is 72.8 Å². The van der Waals surface area contributed by atoms with E-state index in [-0.39, 0.29) is 11.8 Å². The second-order valence-electron chi connectivity index (χ2n) is 6.88. The smallest absolute Gasteiger partial charge is 0.253 e. The van der Waals surface area contributed by atoms with Gasteiger partial charge in [0.05, 0.1) is 5.92 Å². The second-order valence-corrected chi connectivity index (χ2v) is 6.88.